The highest BCUT2D eigenvalue weighted by Crippen LogP contribution is 2.65. The molecule has 8 nitrogen and oxygen atoms in total. The topological polar surface area (TPSA) is 123 Å². The number of carbonyl (C=O) groups excluding carboxylic acids is 5. The summed E-state index contributed by atoms with van der Waals surface area (Å²) in [6.07, 6.45) is 15.4. The van der Waals surface area contributed by atoms with Crippen LogP contribution in [0.25, 0.3) is 0 Å². The highest BCUT2D eigenvalue weighted by atomic mass is 32.2. The Labute approximate surface area is 326 Å². The fraction of sp³-hybridized carbons (Fsp3) is 0.844. The summed E-state index contributed by atoms with van der Waals surface area (Å²) in [6, 6.07) is -0.673. The minimum Gasteiger partial charge on any atom is -0.332 e. The third-order valence-electron chi connectivity index (χ3n) is 15.6. The largest absolute Gasteiger partial charge is 0.332 e. The zero-order valence-electron chi connectivity index (χ0n) is 34.5. The van der Waals surface area contributed by atoms with Crippen LogP contribution < -0.4 is 0 Å². The first-order chi connectivity index (χ1) is 25.3. The van der Waals surface area contributed by atoms with E-state index < -0.39 is 54.9 Å². The molecular formula is C45H71NO7S. The van der Waals surface area contributed by atoms with Crippen LogP contribution in [0.5, 0.6) is 0 Å². The molecule has 54 heavy (non-hydrogen) atoms. The van der Waals surface area contributed by atoms with E-state index in [4.69, 9.17) is 0 Å². The van der Waals surface area contributed by atoms with Gasteiger partial charge in [0, 0.05) is 38.1 Å². The van der Waals surface area contributed by atoms with Crippen LogP contribution in [0.3, 0.4) is 0 Å². The lowest BCUT2D eigenvalue weighted by Crippen LogP contribution is -2.52. The van der Waals surface area contributed by atoms with Crippen molar-refractivity contribution in [2.75, 3.05) is 12.3 Å². The summed E-state index contributed by atoms with van der Waals surface area (Å²) >= 11 is 0. The molecule has 0 N–H and O–H groups in total. The molecule has 5 fully saturated rings. The van der Waals surface area contributed by atoms with Crippen LogP contribution in [0.1, 0.15) is 170 Å². The van der Waals surface area contributed by atoms with E-state index >= 15 is 4.79 Å². The van der Waals surface area contributed by atoms with Crippen molar-refractivity contribution in [1.82, 2.24) is 4.90 Å². The second kappa shape index (κ2) is 16.7. The predicted molar refractivity (Wildman–Crippen MR) is 213 cm³/mol. The number of amides is 1. The maximum Gasteiger partial charge on any atom is 0.227 e. The molecule has 304 valence electrons. The molecule has 1 amide bonds. The first kappa shape index (κ1) is 43.0. The summed E-state index contributed by atoms with van der Waals surface area (Å²) in [5.74, 6) is -1.98. The summed E-state index contributed by atoms with van der Waals surface area (Å²) in [6.45, 7) is 16.1. The number of allylic oxidation sites excluding steroid dienone is 1. The maximum atomic E-state index is 15.1. The molecule has 0 bridgehead atoms. The van der Waals surface area contributed by atoms with Crippen LogP contribution in [0.2, 0.25) is 0 Å². The Kier molecular flexibility index (Phi) is 13.3. The standard InChI is InChI=1S/C45H71NO7S/c1-8-10-20-36(48)40(50)32(25-31-18-17-19-31)26-37(49)39-38-35(43(38,5)6)29-46(39)41(51)34(44(7)21-13-11-14-22-44)27-33(47)28-45(23-15-12-16-24-45)30-54(52,53)42(3,4)9-2/h8,31-32,34-35,38-39H,1,9-30H2,2-7H3/t32?,34-,35?,38+,39-/m1/s1. The number of hydrogen-bond acceptors (Lipinski definition) is 7. The quantitative estimate of drug-likeness (QED) is 0.0896. The van der Waals surface area contributed by atoms with Gasteiger partial charge in [0.1, 0.15) is 5.78 Å². The molecule has 0 aromatic rings. The van der Waals surface area contributed by atoms with Crippen molar-refractivity contribution in [3.8, 4) is 0 Å². The smallest absolute Gasteiger partial charge is 0.227 e. The van der Waals surface area contributed by atoms with Crippen LogP contribution >= 0.6 is 0 Å². The number of ketones is 4. The van der Waals surface area contributed by atoms with E-state index in [0.717, 1.165) is 70.6 Å². The van der Waals surface area contributed by atoms with E-state index in [0.29, 0.717) is 44.6 Å². The number of piperidine rings is 1. The van der Waals surface area contributed by atoms with Crippen LogP contribution in [-0.4, -0.2) is 65.4 Å². The average molecular weight is 770 g/mol. The molecular weight excluding hydrogens is 699 g/mol. The van der Waals surface area contributed by atoms with Crippen molar-refractivity contribution in [3.05, 3.63) is 12.7 Å². The minimum absolute atomic E-state index is 0.000437. The van der Waals surface area contributed by atoms with Gasteiger partial charge in [-0.2, -0.15) is 0 Å². The number of hydrogen-bond donors (Lipinski definition) is 0. The Morgan fingerprint density at radius 1 is 0.889 bits per heavy atom. The fourth-order valence-corrected chi connectivity index (χ4v) is 13.0. The molecule has 2 unspecified atom stereocenters. The van der Waals surface area contributed by atoms with E-state index in [1.807, 2.05) is 6.92 Å². The van der Waals surface area contributed by atoms with Gasteiger partial charge in [0.15, 0.2) is 21.4 Å². The molecule has 0 aromatic heterocycles. The first-order valence-corrected chi connectivity index (χ1v) is 23.2. The molecule has 4 saturated carbocycles. The number of sulfone groups is 1. The van der Waals surface area contributed by atoms with Gasteiger partial charge in [0.05, 0.1) is 22.5 Å². The van der Waals surface area contributed by atoms with Gasteiger partial charge < -0.3 is 4.90 Å². The second-order valence-corrected chi connectivity index (χ2v) is 22.6. The Morgan fingerprint density at radius 3 is 2.06 bits per heavy atom. The molecule has 0 radical (unpaired) electrons. The number of fused-ring (bicyclic) bond motifs is 1. The molecule has 0 spiro atoms. The monoisotopic (exact) mass is 769 g/mol. The summed E-state index contributed by atoms with van der Waals surface area (Å²) in [5.41, 5.74) is -1.14. The van der Waals surface area contributed by atoms with Crippen molar-refractivity contribution in [1.29, 1.82) is 0 Å². The second-order valence-electron chi connectivity index (χ2n) is 20.0. The zero-order valence-corrected chi connectivity index (χ0v) is 35.3. The van der Waals surface area contributed by atoms with Gasteiger partial charge in [0.25, 0.3) is 0 Å². The Hall–Kier alpha value is -2.16. The molecule has 5 rings (SSSR count). The summed E-state index contributed by atoms with van der Waals surface area (Å²) in [5, 5.41) is 0. The average Bonchev–Trinajstić information content (AvgIpc) is 3.40. The third kappa shape index (κ3) is 9.01. The lowest BCUT2D eigenvalue weighted by molar-refractivity contribution is -0.150. The van der Waals surface area contributed by atoms with E-state index in [-0.39, 0.29) is 66.2 Å². The molecule has 5 atom stereocenters. The zero-order chi connectivity index (χ0) is 39.7. The third-order valence-corrected chi connectivity index (χ3v) is 18.5. The van der Waals surface area contributed by atoms with E-state index in [1.165, 1.54) is 0 Å². The number of rotatable bonds is 20. The molecule has 1 saturated heterocycles. The van der Waals surface area contributed by atoms with Crippen molar-refractivity contribution >= 4 is 38.9 Å². The SMILES string of the molecule is C=CCCC(=O)C(=O)C(CC(=O)[C@@H]1[C@@H]2C(CN1C(=O)[C@@H](CC(=O)CC1(CS(=O)(=O)C(C)(C)CC)CCCCC1)C1(C)CCCCC1)C2(C)C)CC1CCC1. The highest BCUT2D eigenvalue weighted by molar-refractivity contribution is 7.92. The van der Waals surface area contributed by atoms with Crippen molar-refractivity contribution in [2.24, 2.45) is 45.8 Å². The summed E-state index contributed by atoms with van der Waals surface area (Å²) < 4.78 is 26.7. The Morgan fingerprint density at radius 2 is 1.50 bits per heavy atom. The van der Waals surface area contributed by atoms with Crippen molar-refractivity contribution in [3.63, 3.8) is 0 Å². The van der Waals surface area contributed by atoms with Gasteiger partial charge in [-0.05, 0) is 92.8 Å². The van der Waals surface area contributed by atoms with Crippen molar-refractivity contribution in [2.45, 2.75) is 181 Å². The number of likely N-dealkylation sites (tertiary alicyclic amines) is 1. The van der Waals surface area contributed by atoms with E-state index in [1.54, 1.807) is 24.8 Å². The van der Waals surface area contributed by atoms with Crippen LogP contribution in [0.15, 0.2) is 12.7 Å². The van der Waals surface area contributed by atoms with Crippen LogP contribution in [0, 0.1) is 45.8 Å². The first-order valence-electron chi connectivity index (χ1n) is 21.6. The van der Waals surface area contributed by atoms with Gasteiger partial charge >= 0.3 is 0 Å². The summed E-state index contributed by atoms with van der Waals surface area (Å²) in [4.78, 5) is 72.4. The predicted octanol–water partition coefficient (Wildman–Crippen LogP) is 8.83. The Balaban J connectivity index is 1.40. The van der Waals surface area contributed by atoms with Gasteiger partial charge in [-0.3, -0.25) is 24.0 Å². The van der Waals surface area contributed by atoms with Gasteiger partial charge in [-0.1, -0.05) is 91.6 Å². The molecule has 0 aromatic carbocycles. The number of carbonyl (C=O) groups is 5. The van der Waals surface area contributed by atoms with E-state index in [9.17, 15) is 27.6 Å². The number of nitrogens with zero attached hydrogens (tertiary/aromatic N) is 1. The van der Waals surface area contributed by atoms with Crippen molar-refractivity contribution < 1.29 is 32.4 Å². The highest BCUT2D eigenvalue weighted by Gasteiger charge is 2.69. The number of Topliss-reactive ketones (excluding diaryl/α,β-unsaturated/α-hetero) is 4. The molecule has 5 aliphatic rings. The van der Waals surface area contributed by atoms with E-state index in [2.05, 4.69) is 27.4 Å². The maximum absolute atomic E-state index is 15.1. The molecule has 4 aliphatic carbocycles. The minimum atomic E-state index is -3.48. The lowest BCUT2D eigenvalue weighted by atomic mass is 9.64. The molecule has 9 heteroatoms. The molecule has 1 heterocycles. The van der Waals surface area contributed by atoms with Gasteiger partial charge in [-0.25, -0.2) is 8.42 Å². The summed E-state index contributed by atoms with van der Waals surface area (Å²) in [7, 11) is -3.48. The molecule has 1 aliphatic heterocycles. The van der Waals surface area contributed by atoms with Crippen LogP contribution in [0.4, 0.5) is 0 Å². The fourth-order valence-electron chi connectivity index (χ4n) is 11.0. The van der Waals surface area contributed by atoms with Gasteiger partial charge in [-0.15, -0.1) is 6.58 Å². The Bertz CT molecular complexity index is 1540. The normalized spacial score (nSPS) is 27.2. The lowest BCUT2D eigenvalue weighted by Gasteiger charge is -2.44. The van der Waals surface area contributed by atoms with Crippen LogP contribution in [-0.2, 0) is 33.8 Å². The van der Waals surface area contributed by atoms with Gasteiger partial charge in [0.2, 0.25) is 11.7 Å².